The Bertz CT molecular complexity index is 703. The molecule has 1 atom stereocenters. The van der Waals surface area contributed by atoms with Crippen LogP contribution in [0.2, 0.25) is 0 Å². The van der Waals surface area contributed by atoms with Crippen molar-refractivity contribution >= 4 is 0 Å². The van der Waals surface area contributed by atoms with Crippen molar-refractivity contribution in [3.05, 3.63) is 65.2 Å². The summed E-state index contributed by atoms with van der Waals surface area (Å²) in [6.45, 7) is 4.35. The highest BCUT2D eigenvalue weighted by molar-refractivity contribution is 5.29. The van der Waals surface area contributed by atoms with Crippen molar-refractivity contribution < 1.29 is 18.3 Å². The number of methoxy groups -OCH3 is 1. The summed E-state index contributed by atoms with van der Waals surface area (Å²) in [5, 5.41) is 3.37. The molecule has 3 rings (SSSR count). The van der Waals surface area contributed by atoms with Crippen LogP contribution in [0.15, 0.2) is 42.5 Å². The van der Waals surface area contributed by atoms with Crippen LogP contribution >= 0.6 is 0 Å². The molecule has 0 radical (unpaired) electrons. The highest BCUT2D eigenvalue weighted by Crippen LogP contribution is 2.24. The molecule has 1 aliphatic heterocycles. The second kappa shape index (κ2) is 9.07. The van der Waals surface area contributed by atoms with Gasteiger partial charge < -0.3 is 14.8 Å². The van der Waals surface area contributed by atoms with Crippen molar-refractivity contribution in [2.24, 2.45) is 0 Å². The van der Waals surface area contributed by atoms with Gasteiger partial charge in [-0.1, -0.05) is 18.2 Å². The summed E-state index contributed by atoms with van der Waals surface area (Å²) in [7, 11) is 1.65. The lowest BCUT2D eigenvalue weighted by Crippen LogP contribution is -2.42. The van der Waals surface area contributed by atoms with E-state index in [1.165, 1.54) is 11.6 Å². The molecule has 1 fully saturated rings. The van der Waals surface area contributed by atoms with Crippen LogP contribution in [0.3, 0.4) is 0 Å². The molecule has 2 aromatic rings. The minimum absolute atomic E-state index is 0.176. The fourth-order valence-corrected chi connectivity index (χ4v) is 3.18. The first-order valence-corrected chi connectivity index (χ1v) is 8.78. The van der Waals surface area contributed by atoms with Crippen LogP contribution in [0.5, 0.6) is 5.75 Å². The second-order valence-corrected chi connectivity index (χ2v) is 6.32. The number of morpholine rings is 1. The van der Waals surface area contributed by atoms with Gasteiger partial charge in [0, 0.05) is 32.2 Å². The van der Waals surface area contributed by atoms with Gasteiger partial charge in [-0.15, -0.1) is 0 Å². The minimum atomic E-state index is -0.821. The number of benzene rings is 2. The van der Waals surface area contributed by atoms with Crippen molar-refractivity contribution in [3.63, 3.8) is 0 Å². The van der Waals surface area contributed by atoms with E-state index in [9.17, 15) is 8.78 Å². The van der Waals surface area contributed by atoms with Crippen molar-refractivity contribution in [1.82, 2.24) is 10.2 Å². The zero-order valence-electron chi connectivity index (χ0n) is 14.9. The van der Waals surface area contributed by atoms with Gasteiger partial charge in [0.2, 0.25) is 0 Å². The average molecular weight is 362 g/mol. The number of nitrogens with one attached hydrogen (secondary N) is 1. The molecule has 1 saturated heterocycles. The van der Waals surface area contributed by atoms with Gasteiger partial charge in [0.25, 0.3) is 0 Å². The Morgan fingerprint density at radius 2 is 1.81 bits per heavy atom. The van der Waals surface area contributed by atoms with E-state index in [4.69, 9.17) is 9.47 Å². The van der Waals surface area contributed by atoms with Crippen LogP contribution in [0.1, 0.15) is 17.2 Å². The fourth-order valence-electron chi connectivity index (χ4n) is 3.18. The van der Waals surface area contributed by atoms with Gasteiger partial charge in [-0.25, -0.2) is 8.78 Å². The lowest BCUT2D eigenvalue weighted by molar-refractivity contribution is 0.0161. The third-order valence-corrected chi connectivity index (χ3v) is 4.64. The molecule has 140 valence electrons. The van der Waals surface area contributed by atoms with Crippen LogP contribution in [-0.4, -0.2) is 44.9 Å². The summed E-state index contributed by atoms with van der Waals surface area (Å²) in [6, 6.07) is 12.2. The topological polar surface area (TPSA) is 33.7 Å². The molecule has 0 bridgehead atoms. The summed E-state index contributed by atoms with van der Waals surface area (Å²) in [4.78, 5) is 2.38. The molecule has 1 aliphatic rings. The van der Waals surface area contributed by atoms with Gasteiger partial charge in [-0.3, -0.25) is 4.90 Å². The molecule has 1 unspecified atom stereocenters. The molecule has 0 saturated carbocycles. The maximum Gasteiger partial charge on any atom is 0.159 e. The number of nitrogens with zero attached hydrogens (tertiary/aromatic N) is 1. The number of hydrogen-bond acceptors (Lipinski definition) is 4. The van der Waals surface area contributed by atoms with E-state index in [1.807, 2.05) is 12.1 Å². The van der Waals surface area contributed by atoms with E-state index in [0.29, 0.717) is 13.1 Å². The maximum atomic E-state index is 13.4. The number of rotatable bonds is 7. The molecule has 0 amide bonds. The Morgan fingerprint density at radius 1 is 1.08 bits per heavy atom. The van der Waals surface area contributed by atoms with E-state index in [1.54, 1.807) is 13.2 Å². The Hall–Kier alpha value is -2.02. The quantitative estimate of drug-likeness (QED) is 0.821. The Morgan fingerprint density at radius 3 is 2.46 bits per heavy atom. The van der Waals surface area contributed by atoms with E-state index >= 15 is 0 Å². The summed E-state index contributed by atoms with van der Waals surface area (Å²) >= 11 is 0. The largest absolute Gasteiger partial charge is 0.497 e. The maximum absolute atomic E-state index is 13.4. The van der Waals surface area contributed by atoms with Gasteiger partial charge in [0.05, 0.1) is 20.3 Å². The van der Waals surface area contributed by atoms with Gasteiger partial charge in [0.15, 0.2) is 11.6 Å². The van der Waals surface area contributed by atoms with Gasteiger partial charge >= 0.3 is 0 Å². The average Bonchev–Trinajstić information content (AvgIpc) is 2.69. The monoisotopic (exact) mass is 362 g/mol. The summed E-state index contributed by atoms with van der Waals surface area (Å²) in [5.41, 5.74) is 1.91. The van der Waals surface area contributed by atoms with E-state index in [2.05, 4.69) is 22.3 Å². The van der Waals surface area contributed by atoms with E-state index in [0.717, 1.165) is 43.7 Å². The lowest BCUT2D eigenvalue weighted by atomic mass is 10.0. The third-order valence-electron chi connectivity index (χ3n) is 4.64. The summed E-state index contributed by atoms with van der Waals surface area (Å²) in [6.07, 6.45) is 0. The predicted octanol–water partition coefficient (Wildman–Crippen LogP) is 3.14. The van der Waals surface area contributed by atoms with E-state index < -0.39 is 11.6 Å². The first kappa shape index (κ1) is 18.8. The lowest BCUT2D eigenvalue weighted by Gasteiger charge is -2.35. The SMILES string of the molecule is COc1ccc(C(CNCc2ccc(F)c(F)c2)N2CCOCC2)cc1. The minimum Gasteiger partial charge on any atom is -0.497 e. The van der Waals surface area contributed by atoms with Crippen molar-refractivity contribution in [2.45, 2.75) is 12.6 Å². The molecular weight excluding hydrogens is 338 g/mol. The first-order valence-electron chi connectivity index (χ1n) is 8.78. The number of hydrogen-bond donors (Lipinski definition) is 1. The van der Waals surface area contributed by atoms with Crippen LogP contribution in [0.25, 0.3) is 0 Å². The smallest absolute Gasteiger partial charge is 0.159 e. The normalized spacial score (nSPS) is 16.4. The zero-order chi connectivity index (χ0) is 18.4. The molecular formula is C20H24F2N2O2. The van der Waals surface area contributed by atoms with E-state index in [-0.39, 0.29) is 6.04 Å². The summed E-state index contributed by atoms with van der Waals surface area (Å²) < 4.78 is 37.1. The van der Waals surface area contributed by atoms with Crippen LogP contribution in [-0.2, 0) is 11.3 Å². The van der Waals surface area contributed by atoms with Gasteiger partial charge in [-0.05, 0) is 35.4 Å². The highest BCUT2D eigenvalue weighted by atomic mass is 19.2. The fraction of sp³-hybridized carbons (Fsp3) is 0.400. The second-order valence-electron chi connectivity index (χ2n) is 6.32. The molecule has 0 aliphatic carbocycles. The Labute approximate surface area is 152 Å². The predicted molar refractivity (Wildman–Crippen MR) is 96.2 cm³/mol. The van der Waals surface area contributed by atoms with Crippen molar-refractivity contribution in [2.75, 3.05) is 40.0 Å². The van der Waals surface area contributed by atoms with Crippen molar-refractivity contribution in [1.29, 1.82) is 0 Å². The standard InChI is InChI=1S/C20H24F2N2O2/c1-25-17-5-3-16(4-6-17)20(24-8-10-26-11-9-24)14-23-13-15-2-7-18(21)19(22)12-15/h2-7,12,20,23H,8-11,13-14H2,1H3. The Kier molecular flexibility index (Phi) is 6.55. The van der Waals surface area contributed by atoms with Gasteiger partial charge in [0.1, 0.15) is 5.75 Å². The molecule has 0 spiro atoms. The molecule has 26 heavy (non-hydrogen) atoms. The summed E-state index contributed by atoms with van der Waals surface area (Å²) in [5.74, 6) is -0.813. The molecule has 6 heteroatoms. The number of ether oxygens (including phenoxy) is 2. The van der Waals surface area contributed by atoms with Crippen LogP contribution in [0, 0.1) is 11.6 Å². The van der Waals surface area contributed by atoms with Crippen LogP contribution in [0.4, 0.5) is 8.78 Å². The van der Waals surface area contributed by atoms with Crippen LogP contribution < -0.4 is 10.1 Å². The molecule has 1 heterocycles. The van der Waals surface area contributed by atoms with Crippen molar-refractivity contribution in [3.8, 4) is 5.75 Å². The molecule has 4 nitrogen and oxygen atoms in total. The molecule has 1 N–H and O–H groups in total. The molecule has 0 aromatic heterocycles. The molecule has 2 aromatic carbocycles. The first-order chi connectivity index (χ1) is 12.7. The zero-order valence-corrected chi connectivity index (χ0v) is 14.9. The highest BCUT2D eigenvalue weighted by Gasteiger charge is 2.22. The Balaban J connectivity index is 1.67. The third kappa shape index (κ3) is 4.78. The van der Waals surface area contributed by atoms with Gasteiger partial charge in [-0.2, -0.15) is 0 Å². The number of halogens is 2.